The van der Waals surface area contributed by atoms with Gasteiger partial charge in [0.1, 0.15) is 5.75 Å². The second kappa shape index (κ2) is 9.30. The first kappa shape index (κ1) is 20.5. The number of para-hydroxylation sites is 1. The van der Waals surface area contributed by atoms with Crippen molar-refractivity contribution in [1.82, 2.24) is 9.80 Å². The molecule has 1 saturated heterocycles. The molecule has 0 aromatic heterocycles. The molecule has 0 bridgehead atoms. The van der Waals surface area contributed by atoms with E-state index in [9.17, 15) is 9.59 Å². The van der Waals surface area contributed by atoms with Crippen LogP contribution in [-0.2, 0) is 11.2 Å². The molecule has 28 heavy (non-hydrogen) atoms. The van der Waals surface area contributed by atoms with Gasteiger partial charge in [-0.15, -0.1) is 0 Å². The lowest BCUT2D eigenvalue weighted by molar-refractivity contribution is -0.134. The van der Waals surface area contributed by atoms with Gasteiger partial charge in [-0.2, -0.15) is 0 Å². The quantitative estimate of drug-likeness (QED) is 0.736. The highest BCUT2D eigenvalue weighted by Crippen LogP contribution is 2.23. The average molecular weight is 421 g/mol. The topological polar surface area (TPSA) is 49.9 Å². The van der Waals surface area contributed by atoms with E-state index in [2.05, 4.69) is 0 Å². The van der Waals surface area contributed by atoms with Crippen molar-refractivity contribution in [3.05, 3.63) is 63.6 Å². The van der Waals surface area contributed by atoms with Crippen LogP contribution in [0.25, 0.3) is 0 Å². The Kier molecular flexibility index (Phi) is 6.81. The number of benzene rings is 2. The Hall–Kier alpha value is -2.24. The van der Waals surface area contributed by atoms with Gasteiger partial charge in [0.15, 0.2) is 6.61 Å². The van der Waals surface area contributed by atoms with Crippen molar-refractivity contribution in [2.75, 3.05) is 32.8 Å². The maximum absolute atomic E-state index is 12.7. The normalized spacial score (nSPS) is 14.1. The number of carbonyl (C=O) groups excluding carboxylic acids is 2. The summed E-state index contributed by atoms with van der Waals surface area (Å²) in [6.45, 7) is 3.88. The van der Waals surface area contributed by atoms with E-state index in [0.29, 0.717) is 41.8 Å². The van der Waals surface area contributed by atoms with Gasteiger partial charge in [-0.3, -0.25) is 9.59 Å². The van der Waals surface area contributed by atoms with Gasteiger partial charge in [0.25, 0.3) is 11.8 Å². The maximum Gasteiger partial charge on any atom is 0.260 e. The zero-order chi connectivity index (χ0) is 20.1. The summed E-state index contributed by atoms with van der Waals surface area (Å²) in [6.07, 6.45) is 0.846. The van der Waals surface area contributed by atoms with Crippen molar-refractivity contribution >= 4 is 35.0 Å². The summed E-state index contributed by atoms with van der Waals surface area (Å²) in [4.78, 5) is 28.6. The monoisotopic (exact) mass is 420 g/mol. The minimum absolute atomic E-state index is 0.00598. The molecule has 0 unspecified atom stereocenters. The van der Waals surface area contributed by atoms with Crippen LogP contribution in [-0.4, -0.2) is 54.4 Å². The van der Waals surface area contributed by atoms with Crippen LogP contribution in [0.3, 0.4) is 0 Å². The smallest absolute Gasteiger partial charge is 0.260 e. The van der Waals surface area contributed by atoms with Gasteiger partial charge in [0.05, 0.1) is 10.6 Å². The first-order valence-corrected chi connectivity index (χ1v) is 9.98. The molecule has 2 amide bonds. The number of nitrogens with zero attached hydrogens (tertiary/aromatic N) is 2. The van der Waals surface area contributed by atoms with E-state index in [4.69, 9.17) is 27.9 Å². The largest absolute Gasteiger partial charge is 0.483 e. The van der Waals surface area contributed by atoms with Gasteiger partial charge >= 0.3 is 0 Å². The molecule has 148 valence electrons. The summed E-state index contributed by atoms with van der Waals surface area (Å²) >= 11 is 12.0. The van der Waals surface area contributed by atoms with Gasteiger partial charge in [0, 0.05) is 31.2 Å². The number of rotatable bonds is 5. The Balaban J connectivity index is 1.53. The van der Waals surface area contributed by atoms with Gasteiger partial charge in [-0.05, 0) is 36.2 Å². The minimum Gasteiger partial charge on any atom is -0.483 e. The maximum atomic E-state index is 12.7. The number of ether oxygens (including phenoxy) is 1. The Morgan fingerprint density at radius 1 is 1.00 bits per heavy atom. The van der Waals surface area contributed by atoms with Crippen LogP contribution < -0.4 is 4.74 Å². The van der Waals surface area contributed by atoms with E-state index >= 15 is 0 Å². The number of hydrogen-bond donors (Lipinski definition) is 0. The number of halogens is 2. The van der Waals surface area contributed by atoms with Crippen molar-refractivity contribution in [2.24, 2.45) is 0 Å². The molecule has 7 heteroatoms. The lowest BCUT2D eigenvalue weighted by Crippen LogP contribution is -2.51. The third-order valence-electron chi connectivity index (χ3n) is 4.79. The molecule has 3 rings (SSSR count). The second-order valence-corrected chi connectivity index (χ2v) is 7.39. The Morgan fingerprint density at radius 2 is 1.68 bits per heavy atom. The average Bonchev–Trinajstić information content (AvgIpc) is 2.72. The highest BCUT2D eigenvalue weighted by atomic mass is 35.5. The molecule has 2 aromatic rings. The van der Waals surface area contributed by atoms with E-state index in [1.807, 2.05) is 31.2 Å². The van der Waals surface area contributed by atoms with E-state index in [1.165, 1.54) is 0 Å². The highest BCUT2D eigenvalue weighted by Gasteiger charge is 2.26. The zero-order valence-electron chi connectivity index (χ0n) is 15.7. The fourth-order valence-corrected chi connectivity index (χ4v) is 3.65. The summed E-state index contributed by atoms with van der Waals surface area (Å²) in [5.74, 6) is 0.508. The Labute approximate surface area is 174 Å². The first-order chi connectivity index (χ1) is 13.5. The molecule has 0 atom stereocenters. The molecule has 0 spiro atoms. The van der Waals surface area contributed by atoms with E-state index in [-0.39, 0.29) is 18.4 Å². The molecule has 0 aliphatic carbocycles. The number of piperazine rings is 1. The molecule has 0 radical (unpaired) electrons. The summed E-state index contributed by atoms with van der Waals surface area (Å²) < 4.78 is 5.71. The standard InChI is InChI=1S/C21H22Cl2N2O3/c1-2-15-5-3-4-6-19(15)28-14-20(26)24-9-11-25(12-10-24)21(27)17-8-7-16(22)13-18(17)23/h3-8,13H,2,9-12,14H2,1H3. The van der Waals surface area contributed by atoms with Crippen molar-refractivity contribution in [1.29, 1.82) is 0 Å². The summed E-state index contributed by atoms with van der Waals surface area (Å²) in [5, 5.41) is 0.820. The summed E-state index contributed by atoms with van der Waals surface area (Å²) in [6, 6.07) is 12.5. The molecule has 1 fully saturated rings. The Morgan fingerprint density at radius 3 is 2.36 bits per heavy atom. The molecule has 5 nitrogen and oxygen atoms in total. The number of hydrogen-bond acceptors (Lipinski definition) is 3. The van der Waals surface area contributed by atoms with Crippen molar-refractivity contribution < 1.29 is 14.3 Å². The molecule has 0 N–H and O–H groups in total. The molecular formula is C21H22Cl2N2O3. The molecular weight excluding hydrogens is 399 g/mol. The number of aryl methyl sites for hydroxylation is 1. The van der Waals surface area contributed by atoms with Crippen molar-refractivity contribution in [3.63, 3.8) is 0 Å². The minimum atomic E-state index is -0.151. The fraction of sp³-hybridized carbons (Fsp3) is 0.333. The van der Waals surface area contributed by atoms with Crippen LogP contribution >= 0.6 is 23.2 Å². The third-order valence-corrected chi connectivity index (χ3v) is 5.33. The van der Waals surface area contributed by atoms with Gasteiger partial charge in [-0.1, -0.05) is 48.3 Å². The van der Waals surface area contributed by atoms with Crippen LogP contribution in [0.5, 0.6) is 5.75 Å². The summed E-state index contributed by atoms with van der Waals surface area (Å²) in [7, 11) is 0. The predicted molar refractivity (Wildman–Crippen MR) is 110 cm³/mol. The van der Waals surface area contributed by atoms with Crippen LogP contribution in [0.1, 0.15) is 22.8 Å². The number of carbonyl (C=O) groups is 2. The SMILES string of the molecule is CCc1ccccc1OCC(=O)N1CCN(C(=O)c2ccc(Cl)cc2Cl)CC1. The third kappa shape index (κ3) is 4.78. The van der Waals surface area contributed by atoms with E-state index in [0.717, 1.165) is 17.7 Å². The lowest BCUT2D eigenvalue weighted by atomic mass is 10.1. The van der Waals surface area contributed by atoms with Crippen molar-refractivity contribution in [3.8, 4) is 5.75 Å². The summed E-state index contributed by atoms with van der Waals surface area (Å²) in [5.41, 5.74) is 1.50. The van der Waals surface area contributed by atoms with Crippen LogP contribution in [0, 0.1) is 0 Å². The first-order valence-electron chi connectivity index (χ1n) is 9.22. The molecule has 1 aliphatic rings. The lowest BCUT2D eigenvalue weighted by Gasteiger charge is -2.35. The molecule has 1 aliphatic heterocycles. The highest BCUT2D eigenvalue weighted by molar-refractivity contribution is 6.36. The van der Waals surface area contributed by atoms with E-state index in [1.54, 1.807) is 28.0 Å². The van der Waals surface area contributed by atoms with Crippen molar-refractivity contribution in [2.45, 2.75) is 13.3 Å². The van der Waals surface area contributed by atoms with Gasteiger partial charge in [0.2, 0.25) is 0 Å². The molecule has 1 heterocycles. The molecule has 2 aromatic carbocycles. The van der Waals surface area contributed by atoms with E-state index < -0.39 is 0 Å². The fourth-order valence-electron chi connectivity index (χ4n) is 3.16. The zero-order valence-corrected chi connectivity index (χ0v) is 17.2. The van der Waals surface area contributed by atoms with Gasteiger partial charge in [-0.25, -0.2) is 0 Å². The van der Waals surface area contributed by atoms with Crippen LogP contribution in [0.2, 0.25) is 10.0 Å². The van der Waals surface area contributed by atoms with Gasteiger partial charge < -0.3 is 14.5 Å². The number of amides is 2. The predicted octanol–water partition coefficient (Wildman–Crippen LogP) is 3.92. The second-order valence-electron chi connectivity index (χ2n) is 6.55. The molecule has 0 saturated carbocycles. The Bertz CT molecular complexity index is 864. The van der Waals surface area contributed by atoms with Crippen LogP contribution in [0.4, 0.5) is 0 Å². The van der Waals surface area contributed by atoms with Crippen LogP contribution in [0.15, 0.2) is 42.5 Å².